The van der Waals surface area contributed by atoms with Gasteiger partial charge in [0, 0.05) is 45.0 Å². The Morgan fingerprint density at radius 3 is 2.38 bits per heavy atom. The highest BCUT2D eigenvalue weighted by atomic mass is 15.3. The Morgan fingerprint density at radius 2 is 1.75 bits per heavy atom. The zero-order valence-electron chi connectivity index (χ0n) is 14.6. The molecule has 1 atom stereocenters. The largest absolute Gasteiger partial charge is 0.354 e. The molecule has 2 heterocycles. The molecule has 0 saturated carbocycles. The van der Waals surface area contributed by atoms with Gasteiger partial charge in [-0.2, -0.15) is 0 Å². The topological polar surface area (TPSA) is 45.4 Å². The molecule has 3 rings (SSSR count). The summed E-state index contributed by atoms with van der Waals surface area (Å²) in [5.74, 6) is 1.09. The monoisotopic (exact) mass is 324 g/mol. The average Bonchev–Trinajstić information content (AvgIpc) is 2.64. The summed E-state index contributed by atoms with van der Waals surface area (Å²) in [7, 11) is 0. The van der Waals surface area contributed by atoms with Crippen molar-refractivity contribution in [2.45, 2.75) is 32.4 Å². The van der Waals surface area contributed by atoms with Crippen LogP contribution in [0.1, 0.15) is 24.5 Å². The summed E-state index contributed by atoms with van der Waals surface area (Å²) in [6.45, 7) is 7.40. The molecular formula is C20H28N4. The van der Waals surface area contributed by atoms with Gasteiger partial charge in [-0.15, -0.1) is 0 Å². The van der Waals surface area contributed by atoms with Crippen molar-refractivity contribution in [1.29, 1.82) is 0 Å². The molecule has 0 amide bonds. The molecule has 4 heteroatoms. The summed E-state index contributed by atoms with van der Waals surface area (Å²) in [6, 6.07) is 15.3. The molecule has 2 N–H and O–H groups in total. The lowest BCUT2D eigenvalue weighted by Gasteiger charge is -2.35. The van der Waals surface area contributed by atoms with E-state index in [0.29, 0.717) is 0 Å². The van der Waals surface area contributed by atoms with E-state index in [1.807, 2.05) is 6.20 Å². The number of rotatable bonds is 6. The molecule has 1 saturated heterocycles. The number of nitrogens with zero attached hydrogens (tertiary/aromatic N) is 3. The number of piperazine rings is 1. The van der Waals surface area contributed by atoms with Crippen molar-refractivity contribution in [3.8, 4) is 0 Å². The summed E-state index contributed by atoms with van der Waals surface area (Å²) in [5.41, 5.74) is 8.64. The van der Waals surface area contributed by atoms with Crippen LogP contribution < -0.4 is 10.6 Å². The minimum absolute atomic E-state index is 0.235. The maximum absolute atomic E-state index is 6.02. The third-order valence-corrected chi connectivity index (χ3v) is 4.78. The van der Waals surface area contributed by atoms with Gasteiger partial charge in [0.25, 0.3) is 0 Å². The number of aromatic nitrogens is 1. The highest BCUT2D eigenvalue weighted by molar-refractivity contribution is 5.40. The maximum Gasteiger partial charge on any atom is 0.128 e. The fourth-order valence-corrected chi connectivity index (χ4v) is 3.15. The van der Waals surface area contributed by atoms with E-state index in [1.165, 1.54) is 11.1 Å². The molecule has 0 spiro atoms. The van der Waals surface area contributed by atoms with Crippen LogP contribution in [-0.2, 0) is 13.0 Å². The van der Waals surface area contributed by atoms with E-state index in [4.69, 9.17) is 5.73 Å². The van der Waals surface area contributed by atoms with Gasteiger partial charge in [-0.25, -0.2) is 4.98 Å². The molecule has 128 valence electrons. The molecule has 0 aliphatic carbocycles. The number of benzene rings is 1. The van der Waals surface area contributed by atoms with E-state index >= 15 is 0 Å². The average molecular weight is 324 g/mol. The van der Waals surface area contributed by atoms with Crippen molar-refractivity contribution in [2.75, 3.05) is 31.1 Å². The molecule has 0 bridgehead atoms. The highest BCUT2D eigenvalue weighted by Crippen LogP contribution is 2.16. The molecule has 1 unspecified atom stereocenters. The summed E-state index contributed by atoms with van der Waals surface area (Å²) in [6.07, 6.45) is 3.90. The van der Waals surface area contributed by atoms with Crippen molar-refractivity contribution in [1.82, 2.24) is 9.88 Å². The second-order valence-corrected chi connectivity index (χ2v) is 6.65. The minimum Gasteiger partial charge on any atom is -0.354 e. The minimum atomic E-state index is 0.235. The maximum atomic E-state index is 6.02. The van der Waals surface area contributed by atoms with Crippen molar-refractivity contribution >= 4 is 5.82 Å². The van der Waals surface area contributed by atoms with Gasteiger partial charge in [0.15, 0.2) is 0 Å². The van der Waals surface area contributed by atoms with Gasteiger partial charge in [0.2, 0.25) is 0 Å². The van der Waals surface area contributed by atoms with E-state index in [9.17, 15) is 0 Å². The lowest BCUT2D eigenvalue weighted by molar-refractivity contribution is 0.249. The zero-order valence-corrected chi connectivity index (χ0v) is 14.6. The van der Waals surface area contributed by atoms with E-state index in [0.717, 1.165) is 51.4 Å². The zero-order chi connectivity index (χ0) is 16.8. The van der Waals surface area contributed by atoms with Crippen LogP contribution in [-0.4, -0.2) is 42.1 Å². The van der Waals surface area contributed by atoms with Crippen LogP contribution in [0.2, 0.25) is 0 Å². The second-order valence-electron chi connectivity index (χ2n) is 6.65. The Hall–Kier alpha value is -1.91. The van der Waals surface area contributed by atoms with Crippen LogP contribution in [0.4, 0.5) is 5.82 Å². The fraction of sp³-hybridized carbons (Fsp3) is 0.450. The predicted molar refractivity (Wildman–Crippen MR) is 100 cm³/mol. The SMILES string of the molecule is CCC(N)Cc1ccc(N2CCN(Cc3ccccc3)CC2)nc1. The molecule has 1 fully saturated rings. The molecule has 2 aromatic rings. The first-order valence-corrected chi connectivity index (χ1v) is 8.96. The summed E-state index contributed by atoms with van der Waals surface area (Å²) in [5, 5.41) is 0. The van der Waals surface area contributed by atoms with Crippen LogP contribution in [0.25, 0.3) is 0 Å². The van der Waals surface area contributed by atoms with Gasteiger partial charge in [0.05, 0.1) is 0 Å². The fourth-order valence-electron chi connectivity index (χ4n) is 3.15. The van der Waals surface area contributed by atoms with E-state index in [1.54, 1.807) is 0 Å². The van der Waals surface area contributed by atoms with Crippen molar-refractivity contribution in [3.63, 3.8) is 0 Å². The number of anilines is 1. The van der Waals surface area contributed by atoms with Crippen LogP contribution in [0.3, 0.4) is 0 Å². The third kappa shape index (κ3) is 4.56. The molecule has 1 aliphatic heterocycles. The van der Waals surface area contributed by atoms with Crippen LogP contribution in [0.15, 0.2) is 48.7 Å². The molecular weight excluding hydrogens is 296 g/mol. The first kappa shape index (κ1) is 16.9. The molecule has 4 nitrogen and oxygen atoms in total. The Morgan fingerprint density at radius 1 is 1.00 bits per heavy atom. The number of hydrogen-bond donors (Lipinski definition) is 1. The Kier molecular flexibility index (Phi) is 5.83. The molecule has 0 radical (unpaired) electrons. The van der Waals surface area contributed by atoms with Crippen LogP contribution >= 0.6 is 0 Å². The van der Waals surface area contributed by atoms with Crippen molar-refractivity contribution in [3.05, 3.63) is 59.8 Å². The van der Waals surface area contributed by atoms with E-state index in [-0.39, 0.29) is 6.04 Å². The Balaban J connectivity index is 1.51. The first-order chi connectivity index (χ1) is 11.7. The lowest BCUT2D eigenvalue weighted by Crippen LogP contribution is -2.46. The normalized spacial score (nSPS) is 17.0. The quantitative estimate of drug-likeness (QED) is 0.887. The lowest BCUT2D eigenvalue weighted by atomic mass is 10.1. The van der Waals surface area contributed by atoms with Gasteiger partial charge in [0.1, 0.15) is 5.82 Å². The second kappa shape index (κ2) is 8.27. The molecule has 1 aromatic heterocycles. The summed E-state index contributed by atoms with van der Waals surface area (Å²) >= 11 is 0. The number of nitrogens with two attached hydrogens (primary N) is 1. The Labute approximate surface area is 145 Å². The van der Waals surface area contributed by atoms with Gasteiger partial charge < -0.3 is 10.6 Å². The van der Waals surface area contributed by atoms with Crippen molar-refractivity contribution < 1.29 is 0 Å². The predicted octanol–water partition coefficient (Wildman–Crippen LogP) is 2.68. The molecule has 1 aliphatic rings. The van der Waals surface area contributed by atoms with Crippen LogP contribution in [0, 0.1) is 0 Å². The summed E-state index contributed by atoms with van der Waals surface area (Å²) in [4.78, 5) is 9.54. The van der Waals surface area contributed by atoms with E-state index in [2.05, 4.69) is 64.2 Å². The van der Waals surface area contributed by atoms with Gasteiger partial charge >= 0.3 is 0 Å². The molecule has 1 aromatic carbocycles. The van der Waals surface area contributed by atoms with Gasteiger partial charge in [-0.05, 0) is 30.0 Å². The van der Waals surface area contributed by atoms with Crippen molar-refractivity contribution in [2.24, 2.45) is 5.73 Å². The summed E-state index contributed by atoms with van der Waals surface area (Å²) < 4.78 is 0. The molecule has 24 heavy (non-hydrogen) atoms. The van der Waals surface area contributed by atoms with Crippen LogP contribution in [0.5, 0.6) is 0 Å². The van der Waals surface area contributed by atoms with E-state index < -0.39 is 0 Å². The van der Waals surface area contributed by atoms with Gasteiger partial charge in [-0.1, -0.05) is 43.3 Å². The standard InChI is InChI=1S/C20H28N4/c1-2-19(21)14-18-8-9-20(22-15-18)24-12-10-23(11-13-24)16-17-6-4-3-5-7-17/h3-9,15,19H,2,10-14,16,21H2,1H3. The number of hydrogen-bond acceptors (Lipinski definition) is 4. The number of pyridine rings is 1. The smallest absolute Gasteiger partial charge is 0.128 e. The third-order valence-electron chi connectivity index (χ3n) is 4.78. The first-order valence-electron chi connectivity index (χ1n) is 8.96. The Bertz CT molecular complexity index is 603. The highest BCUT2D eigenvalue weighted by Gasteiger charge is 2.18. The van der Waals surface area contributed by atoms with Gasteiger partial charge in [-0.3, -0.25) is 4.90 Å².